The molecule has 140 valence electrons. The first-order valence-corrected chi connectivity index (χ1v) is 9.21. The predicted octanol–water partition coefficient (Wildman–Crippen LogP) is 1.36. The first-order valence-electron chi connectivity index (χ1n) is 8.80. The summed E-state index contributed by atoms with van der Waals surface area (Å²) in [6, 6.07) is 9.93. The van der Waals surface area contributed by atoms with Crippen LogP contribution in [0.3, 0.4) is 0 Å². The van der Waals surface area contributed by atoms with Gasteiger partial charge in [-0.1, -0.05) is 29.4 Å². The molecule has 9 nitrogen and oxygen atoms in total. The molecule has 0 bridgehead atoms. The van der Waals surface area contributed by atoms with Gasteiger partial charge in [-0.2, -0.15) is 9.78 Å². The van der Waals surface area contributed by atoms with E-state index in [9.17, 15) is 0 Å². The van der Waals surface area contributed by atoms with Crippen LogP contribution in [0.5, 0.6) is 0 Å². The third-order valence-electron chi connectivity index (χ3n) is 4.57. The molecule has 1 aliphatic heterocycles. The third-order valence-corrected chi connectivity index (χ3v) is 5.01. The van der Waals surface area contributed by atoms with Crippen molar-refractivity contribution in [1.82, 2.24) is 39.5 Å². The van der Waals surface area contributed by atoms with Crippen molar-refractivity contribution in [2.24, 2.45) is 0 Å². The zero-order chi connectivity index (χ0) is 18.6. The van der Waals surface area contributed by atoms with Gasteiger partial charge in [-0.15, -0.1) is 6.58 Å². The van der Waals surface area contributed by atoms with E-state index in [-0.39, 0.29) is 0 Å². The number of para-hydroxylation sites is 1. The van der Waals surface area contributed by atoms with Crippen molar-refractivity contribution < 1.29 is 0 Å². The van der Waals surface area contributed by atoms with Gasteiger partial charge in [-0.25, -0.2) is 4.68 Å². The van der Waals surface area contributed by atoms with Gasteiger partial charge in [0.2, 0.25) is 5.95 Å². The SMILES string of the molecule is C=CCn1cnn(CN2CCN(c3nnnn3-c3ccccc3)CC2)c1=S. The Morgan fingerprint density at radius 2 is 1.89 bits per heavy atom. The van der Waals surface area contributed by atoms with Crippen molar-refractivity contribution in [2.75, 3.05) is 31.1 Å². The summed E-state index contributed by atoms with van der Waals surface area (Å²) in [7, 11) is 0. The number of tetrazole rings is 1. The smallest absolute Gasteiger partial charge is 0.250 e. The largest absolute Gasteiger partial charge is 0.337 e. The summed E-state index contributed by atoms with van der Waals surface area (Å²) >= 11 is 5.47. The Balaban J connectivity index is 1.41. The van der Waals surface area contributed by atoms with E-state index in [4.69, 9.17) is 12.2 Å². The number of rotatable bonds is 6. The van der Waals surface area contributed by atoms with E-state index in [1.165, 1.54) is 0 Å². The van der Waals surface area contributed by atoms with Crippen LogP contribution in [0, 0.1) is 4.77 Å². The molecule has 0 radical (unpaired) electrons. The highest BCUT2D eigenvalue weighted by molar-refractivity contribution is 7.71. The number of anilines is 1. The molecule has 1 aliphatic rings. The standard InChI is InChI=1S/C17H21N9S/c1-2-8-24-13-18-25(17(24)27)14-22-9-11-23(12-10-22)16-19-20-21-26(16)15-6-4-3-5-7-15/h2-7,13H,1,8-12,14H2. The molecule has 2 aromatic heterocycles. The Morgan fingerprint density at radius 1 is 1.11 bits per heavy atom. The van der Waals surface area contributed by atoms with Crippen LogP contribution in [-0.4, -0.2) is 65.6 Å². The quantitative estimate of drug-likeness (QED) is 0.470. The van der Waals surface area contributed by atoms with Crippen LogP contribution < -0.4 is 4.90 Å². The number of hydrogen-bond acceptors (Lipinski definition) is 7. The van der Waals surface area contributed by atoms with Crippen LogP contribution in [0.1, 0.15) is 0 Å². The van der Waals surface area contributed by atoms with E-state index < -0.39 is 0 Å². The van der Waals surface area contributed by atoms with E-state index in [0.29, 0.717) is 18.0 Å². The van der Waals surface area contributed by atoms with Gasteiger partial charge in [-0.05, 0) is 34.8 Å². The zero-order valence-electron chi connectivity index (χ0n) is 14.9. The monoisotopic (exact) mass is 383 g/mol. The van der Waals surface area contributed by atoms with Crippen molar-refractivity contribution in [3.05, 3.63) is 54.1 Å². The summed E-state index contributed by atoms with van der Waals surface area (Å²) in [6.45, 7) is 8.56. The maximum Gasteiger partial charge on any atom is 0.250 e. The molecular formula is C17H21N9S. The van der Waals surface area contributed by atoms with Gasteiger partial charge in [0.1, 0.15) is 6.33 Å². The molecule has 0 unspecified atom stereocenters. The lowest BCUT2D eigenvalue weighted by Crippen LogP contribution is -2.47. The maximum absolute atomic E-state index is 5.47. The minimum atomic E-state index is 0.675. The maximum atomic E-state index is 5.47. The average Bonchev–Trinajstić information content (AvgIpc) is 3.32. The van der Waals surface area contributed by atoms with Gasteiger partial charge in [0.25, 0.3) is 0 Å². The Bertz CT molecular complexity index is 950. The lowest BCUT2D eigenvalue weighted by atomic mass is 10.3. The minimum absolute atomic E-state index is 0.675. The topological polar surface area (TPSA) is 72.8 Å². The van der Waals surface area contributed by atoms with Gasteiger partial charge >= 0.3 is 0 Å². The summed E-state index contributed by atoms with van der Waals surface area (Å²) in [5.41, 5.74) is 0.957. The fourth-order valence-corrected chi connectivity index (χ4v) is 3.35. The summed E-state index contributed by atoms with van der Waals surface area (Å²) in [5.74, 6) is 0.771. The van der Waals surface area contributed by atoms with Crippen molar-refractivity contribution in [2.45, 2.75) is 13.2 Å². The summed E-state index contributed by atoms with van der Waals surface area (Å²) in [6.07, 6.45) is 3.58. The first kappa shape index (κ1) is 17.6. The first-order chi connectivity index (χ1) is 13.3. The Labute approximate surface area is 162 Å². The fourth-order valence-electron chi connectivity index (χ4n) is 3.13. The molecule has 1 saturated heterocycles. The highest BCUT2D eigenvalue weighted by atomic mass is 32.1. The molecule has 3 heterocycles. The van der Waals surface area contributed by atoms with E-state index in [1.54, 1.807) is 11.0 Å². The minimum Gasteiger partial charge on any atom is -0.337 e. The molecule has 4 rings (SSSR count). The third kappa shape index (κ3) is 3.67. The van der Waals surface area contributed by atoms with E-state index >= 15 is 0 Å². The number of nitrogens with zero attached hydrogens (tertiary/aromatic N) is 9. The number of benzene rings is 1. The molecule has 0 atom stereocenters. The van der Waals surface area contributed by atoms with Crippen LogP contribution in [-0.2, 0) is 13.2 Å². The van der Waals surface area contributed by atoms with Crippen LogP contribution in [0.4, 0.5) is 5.95 Å². The molecule has 0 spiro atoms. The molecule has 1 fully saturated rings. The van der Waals surface area contributed by atoms with Gasteiger partial charge in [0.05, 0.1) is 12.4 Å². The molecule has 3 aromatic rings. The molecular weight excluding hydrogens is 362 g/mol. The molecule has 0 amide bonds. The zero-order valence-corrected chi connectivity index (χ0v) is 15.7. The molecule has 0 aliphatic carbocycles. The van der Waals surface area contributed by atoms with E-state index in [2.05, 4.69) is 37.0 Å². The normalized spacial score (nSPS) is 15.2. The summed E-state index contributed by atoms with van der Waals surface area (Å²) in [4.78, 5) is 4.54. The Kier molecular flexibility index (Phi) is 5.07. The highest BCUT2D eigenvalue weighted by Gasteiger charge is 2.22. The van der Waals surface area contributed by atoms with Crippen molar-refractivity contribution >= 4 is 18.2 Å². The molecule has 27 heavy (non-hydrogen) atoms. The van der Waals surface area contributed by atoms with Crippen LogP contribution in [0.2, 0.25) is 0 Å². The highest BCUT2D eigenvalue weighted by Crippen LogP contribution is 2.17. The van der Waals surface area contributed by atoms with Gasteiger partial charge in [0, 0.05) is 32.7 Å². The number of aromatic nitrogens is 7. The second kappa shape index (κ2) is 7.80. The van der Waals surface area contributed by atoms with E-state index in [0.717, 1.165) is 37.8 Å². The number of piperazine rings is 1. The van der Waals surface area contributed by atoms with Gasteiger partial charge in [-0.3, -0.25) is 4.90 Å². The van der Waals surface area contributed by atoms with Gasteiger partial charge in [0.15, 0.2) is 4.77 Å². The van der Waals surface area contributed by atoms with Crippen LogP contribution in [0.25, 0.3) is 5.69 Å². The lowest BCUT2D eigenvalue weighted by molar-refractivity contribution is 0.193. The van der Waals surface area contributed by atoms with Crippen molar-refractivity contribution in [3.63, 3.8) is 0 Å². The molecule has 0 saturated carbocycles. The van der Waals surface area contributed by atoms with Gasteiger partial charge < -0.3 is 9.47 Å². The molecule has 10 heteroatoms. The number of hydrogen-bond donors (Lipinski definition) is 0. The fraction of sp³-hybridized carbons (Fsp3) is 0.353. The molecule has 1 aromatic carbocycles. The van der Waals surface area contributed by atoms with Crippen molar-refractivity contribution in [1.29, 1.82) is 0 Å². The Hall–Kier alpha value is -2.85. The lowest BCUT2D eigenvalue weighted by Gasteiger charge is -2.34. The Morgan fingerprint density at radius 3 is 2.63 bits per heavy atom. The van der Waals surface area contributed by atoms with Crippen LogP contribution in [0.15, 0.2) is 49.3 Å². The predicted molar refractivity (Wildman–Crippen MR) is 104 cm³/mol. The molecule has 0 N–H and O–H groups in total. The van der Waals surface area contributed by atoms with E-state index in [1.807, 2.05) is 45.7 Å². The summed E-state index contributed by atoms with van der Waals surface area (Å²) < 4.78 is 6.25. The second-order valence-corrected chi connectivity index (χ2v) is 6.69. The average molecular weight is 383 g/mol. The summed E-state index contributed by atoms with van der Waals surface area (Å²) in [5, 5.41) is 16.6. The number of allylic oxidation sites excluding steroid dienone is 1. The van der Waals surface area contributed by atoms with Crippen molar-refractivity contribution in [3.8, 4) is 5.69 Å². The van der Waals surface area contributed by atoms with Crippen LogP contribution >= 0.6 is 12.2 Å². The second-order valence-electron chi connectivity index (χ2n) is 6.33.